The third kappa shape index (κ3) is 4.93. The summed E-state index contributed by atoms with van der Waals surface area (Å²) in [6.45, 7) is 4.26. The SMILES string of the molecule is CCOC(=O)C1=C(C)N=C2SC=CN2[C@@H]1c1cc(Br)c(OCc2ccc(Cl)cc2)c(OC)c1. The molecule has 0 unspecified atom stereocenters. The molecule has 2 heterocycles. The lowest BCUT2D eigenvalue weighted by Crippen LogP contribution is -2.34. The van der Waals surface area contributed by atoms with Crippen LogP contribution < -0.4 is 9.47 Å². The number of esters is 1. The normalized spacial score (nSPS) is 17.1. The van der Waals surface area contributed by atoms with E-state index in [2.05, 4.69) is 20.9 Å². The Bertz CT molecular complexity index is 1160. The van der Waals surface area contributed by atoms with Gasteiger partial charge < -0.3 is 19.1 Å². The van der Waals surface area contributed by atoms with Crippen LogP contribution in [-0.2, 0) is 16.1 Å². The van der Waals surface area contributed by atoms with Crippen LogP contribution in [0.15, 0.2) is 68.7 Å². The first-order valence-electron chi connectivity index (χ1n) is 10.3. The number of methoxy groups -OCH3 is 1. The van der Waals surface area contributed by atoms with Gasteiger partial charge in [-0.25, -0.2) is 9.79 Å². The molecule has 33 heavy (non-hydrogen) atoms. The quantitative estimate of drug-likeness (QED) is 0.370. The predicted molar refractivity (Wildman–Crippen MR) is 135 cm³/mol. The Kier molecular flexibility index (Phi) is 7.36. The molecule has 0 bridgehead atoms. The van der Waals surface area contributed by atoms with Crippen molar-refractivity contribution < 1.29 is 19.0 Å². The van der Waals surface area contributed by atoms with Gasteiger partial charge >= 0.3 is 5.97 Å². The Labute approximate surface area is 210 Å². The van der Waals surface area contributed by atoms with E-state index in [-0.39, 0.29) is 12.6 Å². The molecule has 0 saturated carbocycles. The molecule has 2 aliphatic rings. The molecule has 0 radical (unpaired) electrons. The number of carbonyl (C=O) groups is 1. The highest BCUT2D eigenvalue weighted by Gasteiger charge is 2.38. The second-order valence-corrected chi connectivity index (χ2v) is 9.44. The van der Waals surface area contributed by atoms with Crippen LogP contribution >= 0.6 is 39.3 Å². The lowest BCUT2D eigenvalue weighted by molar-refractivity contribution is -0.139. The molecule has 2 aromatic rings. The fourth-order valence-electron chi connectivity index (χ4n) is 3.67. The zero-order chi connectivity index (χ0) is 23.5. The maximum Gasteiger partial charge on any atom is 0.338 e. The first-order valence-corrected chi connectivity index (χ1v) is 12.3. The smallest absolute Gasteiger partial charge is 0.338 e. The average Bonchev–Trinajstić information content (AvgIpc) is 3.26. The molecule has 2 aromatic carbocycles. The number of ether oxygens (including phenoxy) is 3. The van der Waals surface area contributed by atoms with Gasteiger partial charge in [0.15, 0.2) is 16.7 Å². The van der Waals surface area contributed by atoms with Gasteiger partial charge in [-0.3, -0.25) is 0 Å². The second-order valence-electron chi connectivity index (χ2n) is 7.28. The fourth-order valence-corrected chi connectivity index (χ4v) is 5.16. The number of benzene rings is 2. The number of rotatable bonds is 7. The summed E-state index contributed by atoms with van der Waals surface area (Å²) in [5.74, 6) is 0.742. The molecule has 1 atom stereocenters. The van der Waals surface area contributed by atoms with E-state index in [1.165, 1.54) is 11.8 Å². The fraction of sp³-hybridized carbons (Fsp3) is 0.250. The van der Waals surface area contributed by atoms with E-state index in [1.54, 1.807) is 14.0 Å². The number of halogens is 2. The number of thioether (sulfide) groups is 1. The van der Waals surface area contributed by atoms with E-state index >= 15 is 0 Å². The van der Waals surface area contributed by atoms with Crippen LogP contribution in [-0.4, -0.2) is 29.8 Å². The van der Waals surface area contributed by atoms with E-state index in [0.717, 1.165) is 16.3 Å². The molecule has 2 aliphatic heterocycles. The Morgan fingerprint density at radius 2 is 2.03 bits per heavy atom. The molecule has 0 amide bonds. The van der Waals surface area contributed by atoms with Crippen molar-refractivity contribution in [3.63, 3.8) is 0 Å². The molecule has 0 spiro atoms. The topological polar surface area (TPSA) is 60.4 Å². The van der Waals surface area contributed by atoms with Gasteiger partial charge in [-0.05, 0) is 70.6 Å². The zero-order valence-corrected chi connectivity index (χ0v) is 21.5. The Morgan fingerprint density at radius 1 is 1.27 bits per heavy atom. The van der Waals surface area contributed by atoms with Crippen molar-refractivity contribution in [2.45, 2.75) is 26.5 Å². The van der Waals surface area contributed by atoms with Gasteiger partial charge in [0.1, 0.15) is 6.61 Å². The number of fused-ring (bicyclic) bond motifs is 1. The van der Waals surface area contributed by atoms with Crippen LogP contribution in [0.1, 0.15) is 31.0 Å². The highest BCUT2D eigenvalue weighted by atomic mass is 79.9. The third-order valence-corrected chi connectivity index (χ3v) is 6.79. The maximum atomic E-state index is 12.9. The van der Waals surface area contributed by atoms with Gasteiger partial charge in [0, 0.05) is 11.2 Å². The minimum Gasteiger partial charge on any atom is -0.493 e. The highest BCUT2D eigenvalue weighted by molar-refractivity contribution is 9.10. The van der Waals surface area contributed by atoms with Gasteiger partial charge in [0.2, 0.25) is 0 Å². The summed E-state index contributed by atoms with van der Waals surface area (Å²) in [5, 5.41) is 3.43. The summed E-state index contributed by atoms with van der Waals surface area (Å²) in [5.41, 5.74) is 2.96. The maximum absolute atomic E-state index is 12.9. The van der Waals surface area contributed by atoms with Crippen LogP contribution in [0.2, 0.25) is 5.02 Å². The number of hydrogen-bond acceptors (Lipinski definition) is 7. The minimum atomic E-state index is -0.404. The van der Waals surface area contributed by atoms with Gasteiger partial charge in [0.25, 0.3) is 0 Å². The van der Waals surface area contributed by atoms with Crippen molar-refractivity contribution in [2.24, 2.45) is 4.99 Å². The summed E-state index contributed by atoms with van der Waals surface area (Å²) in [6, 6.07) is 10.9. The van der Waals surface area contributed by atoms with Crippen molar-refractivity contribution in [1.82, 2.24) is 4.90 Å². The number of nitrogens with zero attached hydrogens (tertiary/aromatic N) is 2. The Morgan fingerprint density at radius 3 is 2.73 bits per heavy atom. The van der Waals surface area contributed by atoms with Gasteiger partial charge in [-0.15, -0.1) is 0 Å². The number of allylic oxidation sites excluding steroid dienone is 1. The lowest BCUT2D eigenvalue weighted by atomic mass is 9.94. The number of carbonyl (C=O) groups excluding carboxylic acids is 1. The summed E-state index contributed by atoms with van der Waals surface area (Å²) in [6.07, 6.45) is 1.92. The highest BCUT2D eigenvalue weighted by Crippen LogP contribution is 2.45. The van der Waals surface area contributed by atoms with Gasteiger partial charge in [-0.2, -0.15) is 0 Å². The van der Waals surface area contributed by atoms with E-state index in [0.29, 0.717) is 38.9 Å². The van der Waals surface area contributed by atoms with Crippen molar-refractivity contribution in [3.05, 3.63) is 79.9 Å². The summed E-state index contributed by atoms with van der Waals surface area (Å²) < 4.78 is 17.8. The second kappa shape index (κ2) is 10.2. The lowest BCUT2D eigenvalue weighted by Gasteiger charge is -2.33. The Balaban J connectivity index is 1.70. The van der Waals surface area contributed by atoms with Gasteiger partial charge in [-0.1, -0.05) is 35.5 Å². The summed E-state index contributed by atoms with van der Waals surface area (Å²) in [7, 11) is 1.59. The third-order valence-electron chi connectivity index (χ3n) is 5.18. The van der Waals surface area contributed by atoms with Crippen molar-refractivity contribution >= 4 is 50.4 Å². The molecular weight excluding hydrogens is 528 g/mol. The molecule has 6 nitrogen and oxygen atoms in total. The largest absolute Gasteiger partial charge is 0.493 e. The van der Waals surface area contributed by atoms with E-state index < -0.39 is 6.04 Å². The standard InChI is InChI=1S/C24H22BrClN2O4S/c1-4-31-23(29)20-14(2)27-24-28(9-10-33-24)21(20)16-11-18(25)22(19(12-16)30-3)32-13-15-5-7-17(26)8-6-15/h5-12,21H,4,13H2,1-3H3/t21-/m1/s1. The summed E-state index contributed by atoms with van der Waals surface area (Å²) >= 11 is 11.1. The van der Waals surface area contributed by atoms with E-state index in [9.17, 15) is 4.79 Å². The molecule has 172 valence electrons. The molecule has 0 N–H and O–H groups in total. The van der Waals surface area contributed by atoms with E-state index in [4.69, 9.17) is 25.8 Å². The van der Waals surface area contributed by atoms with Crippen molar-refractivity contribution in [3.8, 4) is 11.5 Å². The molecule has 0 saturated heterocycles. The molecule has 0 aromatic heterocycles. The van der Waals surface area contributed by atoms with E-state index in [1.807, 2.05) is 59.8 Å². The first kappa shape index (κ1) is 23.7. The Hall–Kier alpha value is -2.42. The first-order chi connectivity index (χ1) is 15.9. The molecule has 0 aliphatic carbocycles. The van der Waals surface area contributed by atoms with Crippen molar-refractivity contribution in [1.29, 1.82) is 0 Å². The number of amidine groups is 1. The molecular formula is C24H22BrClN2O4S. The van der Waals surface area contributed by atoms with Gasteiger partial charge in [0.05, 0.1) is 35.5 Å². The monoisotopic (exact) mass is 548 g/mol. The number of aliphatic imine (C=N–C) groups is 1. The zero-order valence-electron chi connectivity index (χ0n) is 18.3. The van der Waals surface area contributed by atoms with Crippen LogP contribution in [0.5, 0.6) is 11.5 Å². The minimum absolute atomic E-state index is 0.286. The average molecular weight is 550 g/mol. The molecule has 0 fully saturated rings. The van der Waals surface area contributed by atoms with Crippen LogP contribution in [0, 0.1) is 0 Å². The molecule has 4 rings (SSSR count). The number of hydrogen-bond donors (Lipinski definition) is 0. The predicted octanol–water partition coefficient (Wildman–Crippen LogP) is 6.46. The van der Waals surface area contributed by atoms with Crippen molar-refractivity contribution in [2.75, 3.05) is 13.7 Å². The van der Waals surface area contributed by atoms with Crippen LogP contribution in [0.4, 0.5) is 0 Å². The molecule has 9 heteroatoms. The van der Waals surface area contributed by atoms with Crippen LogP contribution in [0.25, 0.3) is 0 Å². The summed E-state index contributed by atoms with van der Waals surface area (Å²) in [4.78, 5) is 19.5. The van der Waals surface area contributed by atoms with Crippen LogP contribution in [0.3, 0.4) is 0 Å².